The molecule has 0 aromatic heterocycles. The second kappa shape index (κ2) is 3.71. The molecule has 64 valence electrons. The summed E-state index contributed by atoms with van der Waals surface area (Å²) in [5, 5.41) is 9.93. The molecule has 0 heterocycles. The Balaban J connectivity index is 2.57. The van der Waals surface area contributed by atoms with Crippen molar-refractivity contribution in [3.63, 3.8) is 0 Å². The van der Waals surface area contributed by atoms with E-state index < -0.39 is 18.4 Å². The number of carbonyl (C=O) groups excluding carboxylic acids is 1. The predicted octanol–water partition coefficient (Wildman–Crippen LogP) is -0.0456. The minimum atomic E-state index is -1.33. The summed E-state index contributed by atoms with van der Waals surface area (Å²) >= 11 is 0. The van der Waals surface area contributed by atoms with Crippen molar-refractivity contribution in [1.29, 1.82) is 0 Å². The molecule has 0 saturated carbocycles. The zero-order valence-corrected chi connectivity index (χ0v) is 6.12. The van der Waals surface area contributed by atoms with Gasteiger partial charge in [0.15, 0.2) is 0 Å². The molecular formula is C8H6FO3-. The topological polar surface area (TPSA) is 49.4 Å². The first-order valence-corrected chi connectivity index (χ1v) is 3.26. The summed E-state index contributed by atoms with van der Waals surface area (Å²) < 4.78 is 17.1. The van der Waals surface area contributed by atoms with Crippen LogP contribution in [0.25, 0.3) is 0 Å². The van der Waals surface area contributed by atoms with Gasteiger partial charge in [-0.2, -0.15) is 0 Å². The van der Waals surface area contributed by atoms with E-state index in [4.69, 9.17) is 0 Å². The van der Waals surface area contributed by atoms with Crippen molar-refractivity contribution in [2.75, 3.05) is 6.61 Å². The minimum absolute atomic E-state index is 0.180. The first-order chi connectivity index (χ1) is 5.68. The van der Waals surface area contributed by atoms with Crippen LogP contribution >= 0.6 is 0 Å². The zero-order valence-electron chi connectivity index (χ0n) is 6.12. The number of ether oxygens (including phenoxy) is 1. The molecule has 0 radical (unpaired) electrons. The van der Waals surface area contributed by atoms with Crippen LogP contribution in [0.2, 0.25) is 0 Å². The maximum Gasteiger partial charge on any atom is 0.128 e. The Morgan fingerprint density at radius 1 is 1.58 bits per heavy atom. The van der Waals surface area contributed by atoms with Gasteiger partial charge in [-0.1, -0.05) is 6.07 Å². The van der Waals surface area contributed by atoms with Crippen LogP contribution in [0.3, 0.4) is 0 Å². The van der Waals surface area contributed by atoms with Gasteiger partial charge in [-0.25, -0.2) is 4.39 Å². The van der Waals surface area contributed by atoms with Gasteiger partial charge in [-0.05, 0) is 12.1 Å². The van der Waals surface area contributed by atoms with Crippen molar-refractivity contribution in [3.8, 4) is 5.75 Å². The highest BCUT2D eigenvalue weighted by Crippen LogP contribution is 2.11. The summed E-state index contributed by atoms with van der Waals surface area (Å²) in [6.07, 6.45) is 0. The highest BCUT2D eigenvalue weighted by molar-refractivity contribution is 5.66. The number of rotatable bonds is 3. The van der Waals surface area contributed by atoms with Gasteiger partial charge in [0, 0.05) is 6.07 Å². The van der Waals surface area contributed by atoms with Crippen LogP contribution in [0.15, 0.2) is 24.3 Å². The largest absolute Gasteiger partial charge is 0.546 e. The molecule has 12 heavy (non-hydrogen) atoms. The van der Waals surface area contributed by atoms with Crippen molar-refractivity contribution >= 4 is 5.97 Å². The molecule has 4 heteroatoms. The number of carboxylic acid groups (broad SMARTS) is 1. The Kier molecular flexibility index (Phi) is 2.63. The van der Waals surface area contributed by atoms with Gasteiger partial charge in [0.2, 0.25) is 0 Å². The van der Waals surface area contributed by atoms with Gasteiger partial charge >= 0.3 is 0 Å². The van der Waals surface area contributed by atoms with Crippen LogP contribution in [-0.4, -0.2) is 12.6 Å². The van der Waals surface area contributed by atoms with Gasteiger partial charge in [0.1, 0.15) is 18.2 Å². The first-order valence-electron chi connectivity index (χ1n) is 3.26. The standard InChI is InChI=1S/C8H7FO3/c9-6-2-1-3-7(4-6)12-5-8(10)11/h1-4H,5H2,(H,10,11)/p-1. The predicted molar refractivity (Wildman–Crippen MR) is 36.9 cm³/mol. The van der Waals surface area contributed by atoms with Crippen LogP contribution < -0.4 is 9.84 Å². The SMILES string of the molecule is O=C([O-])COc1cccc(F)c1. The summed E-state index contributed by atoms with van der Waals surface area (Å²) in [5.74, 6) is -1.62. The van der Waals surface area contributed by atoms with E-state index in [1.54, 1.807) is 0 Å². The van der Waals surface area contributed by atoms with Crippen LogP contribution in [0.1, 0.15) is 0 Å². The second-order valence-corrected chi connectivity index (χ2v) is 2.12. The number of hydrogen-bond donors (Lipinski definition) is 0. The molecule has 0 bridgehead atoms. The summed E-state index contributed by atoms with van der Waals surface area (Å²) in [6.45, 7) is -0.566. The number of aliphatic carboxylic acids is 1. The summed E-state index contributed by atoms with van der Waals surface area (Å²) in [5.41, 5.74) is 0. The zero-order chi connectivity index (χ0) is 8.97. The van der Waals surface area contributed by atoms with Crippen LogP contribution in [0.5, 0.6) is 5.75 Å². The molecule has 0 amide bonds. The van der Waals surface area contributed by atoms with Gasteiger partial charge in [-0.3, -0.25) is 0 Å². The molecule has 0 saturated heterocycles. The Hall–Kier alpha value is -1.58. The lowest BCUT2D eigenvalue weighted by molar-refractivity contribution is -0.307. The van der Waals surface area contributed by atoms with E-state index in [-0.39, 0.29) is 5.75 Å². The summed E-state index contributed by atoms with van der Waals surface area (Å²) in [6, 6.07) is 5.24. The average molecular weight is 169 g/mol. The fraction of sp³-hybridized carbons (Fsp3) is 0.125. The quantitative estimate of drug-likeness (QED) is 0.637. The Bertz CT molecular complexity index is 285. The number of halogens is 1. The molecule has 1 aromatic rings. The molecule has 0 atom stereocenters. The first kappa shape index (κ1) is 8.52. The van der Waals surface area contributed by atoms with E-state index in [0.29, 0.717) is 0 Å². The van der Waals surface area contributed by atoms with Crippen LogP contribution in [0, 0.1) is 5.82 Å². The van der Waals surface area contributed by atoms with Gasteiger partial charge in [0.05, 0.1) is 5.97 Å². The molecular weight excluding hydrogens is 163 g/mol. The highest BCUT2D eigenvalue weighted by Gasteiger charge is 1.94. The molecule has 3 nitrogen and oxygen atoms in total. The lowest BCUT2D eigenvalue weighted by atomic mass is 10.3. The monoisotopic (exact) mass is 169 g/mol. The number of hydrogen-bond acceptors (Lipinski definition) is 3. The smallest absolute Gasteiger partial charge is 0.128 e. The third-order valence-corrected chi connectivity index (χ3v) is 1.15. The van der Waals surface area contributed by atoms with Crippen molar-refractivity contribution in [1.82, 2.24) is 0 Å². The molecule has 0 unspecified atom stereocenters. The van der Waals surface area contributed by atoms with Crippen molar-refractivity contribution in [2.45, 2.75) is 0 Å². The van der Waals surface area contributed by atoms with E-state index in [2.05, 4.69) is 4.74 Å². The normalized spacial score (nSPS) is 9.42. The third-order valence-electron chi connectivity index (χ3n) is 1.15. The van der Waals surface area contributed by atoms with Crippen molar-refractivity contribution < 1.29 is 19.0 Å². The van der Waals surface area contributed by atoms with Gasteiger partial charge in [0.25, 0.3) is 0 Å². The summed E-state index contributed by atoms with van der Waals surface area (Å²) in [7, 11) is 0. The average Bonchev–Trinajstić information content (AvgIpc) is 2.01. The van der Waals surface area contributed by atoms with Crippen LogP contribution in [0.4, 0.5) is 4.39 Å². The molecule has 1 aromatic carbocycles. The number of carboxylic acids is 1. The second-order valence-electron chi connectivity index (χ2n) is 2.12. The van der Waals surface area contributed by atoms with Crippen LogP contribution in [-0.2, 0) is 4.79 Å². The van der Waals surface area contributed by atoms with E-state index in [0.717, 1.165) is 6.07 Å². The molecule has 0 N–H and O–H groups in total. The molecule has 0 aliphatic carbocycles. The Morgan fingerprint density at radius 2 is 2.33 bits per heavy atom. The van der Waals surface area contributed by atoms with E-state index in [1.165, 1.54) is 18.2 Å². The fourth-order valence-electron chi connectivity index (χ4n) is 0.699. The number of carbonyl (C=O) groups is 1. The van der Waals surface area contributed by atoms with Gasteiger partial charge < -0.3 is 14.6 Å². The third kappa shape index (κ3) is 2.57. The summed E-state index contributed by atoms with van der Waals surface area (Å²) in [4.78, 5) is 9.93. The highest BCUT2D eigenvalue weighted by atomic mass is 19.1. The lowest BCUT2D eigenvalue weighted by Gasteiger charge is -2.05. The van der Waals surface area contributed by atoms with E-state index in [9.17, 15) is 14.3 Å². The van der Waals surface area contributed by atoms with Crippen molar-refractivity contribution in [2.24, 2.45) is 0 Å². The fourth-order valence-corrected chi connectivity index (χ4v) is 0.699. The molecule has 0 aliphatic heterocycles. The van der Waals surface area contributed by atoms with E-state index >= 15 is 0 Å². The number of benzene rings is 1. The van der Waals surface area contributed by atoms with E-state index in [1.807, 2.05) is 0 Å². The van der Waals surface area contributed by atoms with Gasteiger partial charge in [-0.15, -0.1) is 0 Å². The lowest BCUT2D eigenvalue weighted by Crippen LogP contribution is -2.28. The Morgan fingerprint density at radius 3 is 2.92 bits per heavy atom. The molecule has 1 rings (SSSR count). The molecule has 0 fully saturated rings. The minimum Gasteiger partial charge on any atom is -0.546 e. The maximum absolute atomic E-state index is 12.4. The van der Waals surface area contributed by atoms with Crippen molar-refractivity contribution in [3.05, 3.63) is 30.1 Å². The molecule has 0 spiro atoms. The molecule has 0 aliphatic rings. The maximum atomic E-state index is 12.4. The Labute approximate surface area is 68.4 Å².